The molecule has 1 aromatic rings. The predicted molar refractivity (Wildman–Crippen MR) is 65.7 cm³/mol. The van der Waals surface area contributed by atoms with Crippen LogP contribution in [0.5, 0.6) is 0 Å². The first-order chi connectivity index (χ1) is 8.15. The number of halogens is 1. The Kier molecular flexibility index (Phi) is 5.39. The molecule has 0 aromatic heterocycles. The van der Waals surface area contributed by atoms with Gasteiger partial charge in [0.05, 0.1) is 4.92 Å². The average molecular weight is 240 g/mol. The summed E-state index contributed by atoms with van der Waals surface area (Å²) in [6, 6.07) is 3.86. The molecule has 0 unspecified atom stereocenters. The van der Waals surface area contributed by atoms with Gasteiger partial charge >= 0.3 is 5.69 Å². The lowest BCUT2D eigenvalue weighted by Gasteiger charge is -2.06. The number of benzene rings is 1. The van der Waals surface area contributed by atoms with Crippen LogP contribution in [-0.2, 0) is 0 Å². The molecule has 1 aromatic carbocycles. The van der Waals surface area contributed by atoms with Crippen molar-refractivity contribution in [3.8, 4) is 0 Å². The lowest BCUT2D eigenvalue weighted by atomic mass is 10.2. The monoisotopic (exact) mass is 240 g/mol. The lowest BCUT2D eigenvalue weighted by molar-refractivity contribution is -0.387. The van der Waals surface area contributed by atoms with Crippen LogP contribution in [0.25, 0.3) is 0 Å². The molecule has 0 aliphatic heterocycles. The third-order valence-corrected chi connectivity index (χ3v) is 2.50. The highest BCUT2D eigenvalue weighted by atomic mass is 19.1. The number of nitro benzene ring substituents is 1. The van der Waals surface area contributed by atoms with E-state index in [1.54, 1.807) is 0 Å². The Bertz CT molecular complexity index is 383. The van der Waals surface area contributed by atoms with Crippen LogP contribution in [-0.4, -0.2) is 11.5 Å². The Morgan fingerprint density at radius 3 is 2.76 bits per heavy atom. The van der Waals surface area contributed by atoms with Crippen molar-refractivity contribution >= 4 is 11.4 Å². The molecule has 0 saturated heterocycles. The standard InChI is InChI=1S/C12H17FN2O2/c1-2-3-4-5-8-14-10-6-7-11(13)12(9-10)15(16)17/h6-7,9,14H,2-5,8H2,1H3. The molecule has 1 N–H and O–H groups in total. The summed E-state index contributed by atoms with van der Waals surface area (Å²) in [4.78, 5) is 9.82. The van der Waals surface area contributed by atoms with Crippen molar-refractivity contribution in [1.82, 2.24) is 0 Å². The fraction of sp³-hybridized carbons (Fsp3) is 0.500. The summed E-state index contributed by atoms with van der Waals surface area (Å²) in [5.74, 6) is -0.800. The fourth-order valence-electron chi connectivity index (χ4n) is 1.55. The van der Waals surface area contributed by atoms with Gasteiger partial charge in [-0.25, -0.2) is 0 Å². The first kappa shape index (κ1) is 13.4. The fourth-order valence-corrected chi connectivity index (χ4v) is 1.55. The largest absolute Gasteiger partial charge is 0.385 e. The maximum Gasteiger partial charge on any atom is 0.306 e. The van der Waals surface area contributed by atoms with E-state index in [-0.39, 0.29) is 0 Å². The van der Waals surface area contributed by atoms with Gasteiger partial charge in [-0.05, 0) is 18.6 Å². The number of rotatable bonds is 7. The highest BCUT2D eigenvalue weighted by molar-refractivity contribution is 5.51. The Labute approximate surface area is 100.0 Å². The zero-order valence-corrected chi connectivity index (χ0v) is 9.91. The Morgan fingerprint density at radius 1 is 1.35 bits per heavy atom. The smallest absolute Gasteiger partial charge is 0.306 e. The number of unbranched alkanes of at least 4 members (excludes halogenated alkanes) is 3. The molecule has 17 heavy (non-hydrogen) atoms. The molecule has 0 atom stereocenters. The third-order valence-electron chi connectivity index (χ3n) is 2.50. The minimum absolute atomic E-state index is 0.483. The van der Waals surface area contributed by atoms with E-state index in [0.29, 0.717) is 5.69 Å². The molecule has 0 fully saturated rings. The maximum atomic E-state index is 13.0. The number of nitro groups is 1. The van der Waals surface area contributed by atoms with Crippen LogP contribution in [0.2, 0.25) is 0 Å². The molecule has 0 amide bonds. The van der Waals surface area contributed by atoms with Crippen molar-refractivity contribution in [2.75, 3.05) is 11.9 Å². The molecular weight excluding hydrogens is 223 g/mol. The first-order valence-corrected chi connectivity index (χ1v) is 5.83. The number of hydrogen-bond acceptors (Lipinski definition) is 3. The minimum atomic E-state index is -0.800. The van der Waals surface area contributed by atoms with Crippen LogP contribution in [0, 0.1) is 15.9 Å². The number of nitrogens with zero attached hydrogens (tertiary/aromatic N) is 1. The normalized spacial score (nSPS) is 10.2. The quantitative estimate of drug-likeness (QED) is 0.449. The molecule has 0 radical (unpaired) electrons. The molecule has 5 heteroatoms. The van der Waals surface area contributed by atoms with Crippen LogP contribution in [0.1, 0.15) is 32.6 Å². The van der Waals surface area contributed by atoms with Crippen LogP contribution in [0.4, 0.5) is 15.8 Å². The number of nitrogens with one attached hydrogen (secondary N) is 1. The van der Waals surface area contributed by atoms with Gasteiger partial charge in [-0.1, -0.05) is 26.2 Å². The second kappa shape index (κ2) is 6.83. The summed E-state index contributed by atoms with van der Waals surface area (Å²) in [7, 11) is 0. The molecule has 0 heterocycles. The highest BCUT2D eigenvalue weighted by Gasteiger charge is 2.13. The highest BCUT2D eigenvalue weighted by Crippen LogP contribution is 2.21. The summed E-state index contributed by atoms with van der Waals surface area (Å²) in [6.07, 6.45) is 4.50. The van der Waals surface area contributed by atoms with Crippen molar-refractivity contribution < 1.29 is 9.31 Å². The molecule has 94 valence electrons. The van der Waals surface area contributed by atoms with Gasteiger partial charge in [0.15, 0.2) is 0 Å². The lowest BCUT2D eigenvalue weighted by Crippen LogP contribution is -2.02. The number of hydrogen-bond donors (Lipinski definition) is 1. The summed E-state index contributed by atoms with van der Waals surface area (Å²) >= 11 is 0. The van der Waals surface area contributed by atoms with Crippen LogP contribution in [0.3, 0.4) is 0 Å². The minimum Gasteiger partial charge on any atom is -0.385 e. The van der Waals surface area contributed by atoms with E-state index in [4.69, 9.17) is 0 Å². The van der Waals surface area contributed by atoms with Gasteiger partial charge in [-0.15, -0.1) is 0 Å². The van der Waals surface area contributed by atoms with E-state index in [1.165, 1.54) is 25.0 Å². The summed E-state index contributed by atoms with van der Waals surface area (Å²) in [5.41, 5.74) is 0.109. The molecule has 0 spiro atoms. The molecule has 1 rings (SSSR count). The number of anilines is 1. The average Bonchev–Trinajstić information content (AvgIpc) is 2.30. The zero-order valence-electron chi connectivity index (χ0n) is 9.91. The van der Waals surface area contributed by atoms with Gasteiger partial charge in [-0.3, -0.25) is 10.1 Å². The van der Waals surface area contributed by atoms with E-state index in [0.717, 1.165) is 25.5 Å². The summed E-state index contributed by atoms with van der Waals surface area (Å²) in [5, 5.41) is 13.6. The first-order valence-electron chi connectivity index (χ1n) is 5.83. The van der Waals surface area contributed by atoms with E-state index >= 15 is 0 Å². The van der Waals surface area contributed by atoms with Crippen LogP contribution in [0.15, 0.2) is 18.2 Å². The van der Waals surface area contributed by atoms with Gasteiger partial charge in [0.1, 0.15) is 0 Å². The summed E-state index contributed by atoms with van der Waals surface area (Å²) < 4.78 is 13.0. The molecule has 0 aliphatic rings. The molecule has 0 saturated carbocycles. The van der Waals surface area contributed by atoms with Crippen molar-refractivity contribution in [3.63, 3.8) is 0 Å². The topological polar surface area (TPSA) is 55.2 Å². The third kappa shape index (κ3) is 4.38. The second-order valence-corrected chi connectivity index (χ2v) is 3.91. The van der Waals surface area contributed by atoms with Crippen LogP contribution >= 0.6 is 0 Å². The van der Waals surface area contributed by atoms with Gasteiger partial charge in [-0.2, -0.15) is 4.39 Å². The van der Waals surface area contributed by atoms with Crippen molar-refractivity contribution in [3.05, 3.63) is 34.1 Å². The molecule has 0 bridgehead atoms. The molecule has 0 aliphatic carbocycles. The van der Waals surface area contributed by atoms with E-state index in [1.807, 2.05) is 0 Å². The van der Waals surface area contributed by atoms with Gasteiger partial charge in [0, 0.05) is 18.3 Å². The van der Waals surface area contributed by atoms with Crippen LogP contribution < -0.4 is 5.32 Å². The van der Waals surface area contributed by atoms with Gasteiger partial charge < -0.3 is 5.32 Å². The Morgan fingerprint density at radius 2 is 2.12 bits per heavy atom. The molecule has 4 nitrogen and oxygen atoms in total. The molecular formula is C12H17FN2O2. The van der Waals surface area contributed by atoms with E-state index in [9.17, 15) is 14.5 Å². The predicted octanol–water partition coefficient (Wildman–Crippen LogP) is 3.73. The Hall–Kier alpha value is -1.65. The van der Waals surface area contributed by atoms with Gasteiger partial charge in [0.2, 0.25) is 5.82 Å². The Balaban J connectivity index is 2.49. The van der Waals surface area contributed by atoms with Gasteiger partial charge in [0.25, 0.3) is 0 Å². The second-order valence-electron chi connectivity index (χ2n) is 3.91. The van der Waals surface area contributed by atoms with E-state index in [2.05, 4.69) is 12.2 Å². The summed E-state index contributed by atoms with van der Waals surface area (Å²) in [6.45, 7) is 2.89. The van der Waals surface area contributed by atoms with Crippen molar-refractivity contribution in [2.24, 2.45) is 0 Å². The van der Waals surface area contributed by atoms with Crippen molar-refractivity contribution in [2.45, 2.75) is 32.6 Å². The maximum absolute atomic E-state index is 13.0. The van der Waals surface area contributed by atoms with Crippen molar-refractivity contribution in [1.29, 1.82) is 0 Å². The SMILES string of the molecule is CCCCCCNc1ccc(F)c([N+](=O)[O-])c1. The zero-order chi connectivity index (χ0) is 12.7. The van der Waals surface area contributed by atoms with E-state index < -0.39 is 16.4 Å².